The topological polar surface area (TPSA) is 50.8 Å². The summed E-state index contributed by atoms with van der Waals surface area (Å²) in [4.78, 5) is 13.1. The zero-order chi connectivity index (χ0) is 18.9. The van der Waals surface area contributed by atoms with Crippen LogP contribution in [0, 0.1) is 5.82 Å². The summed E-state index contributed by atoms with van der Waals surface area (Å²) in [6, 6.07) is 12.0. The van der Waals surface area contributed by atoms with Gasteiger partial charge in [0.1, 0.15) is 12.4 Å². The molecule has 0 atom stereocenters. The molecule has 0 unspecified atom stereocenters. The van der Waals surface area contributed by atoms with E-state index in [4.69, 9.17) is 9.47 Å². The lowest BCUT2D eigenvalue weighted by Crippen LogP contribution is -2.33. The fourth-order valence-corrected chi connectivity index (χ4v) is 2.36. The van der Waals surface area contributed by atoms with Gasteiger partial charge in [0.25, 0.3) is 0 Å². The van der Waals surface area contributed by atoms with E-state index in [1.807, 2.05) is 24.3 Å². The first kappa shape index (κ1) is 22.7. The molecule has 2 aromatic carbocycles. The second-order valence-corrected chi connectivity index (χ2v) is 6.12. The fraction of sp³-hybridized carbons (Fsp3) is 0.350. The van der Waals surface area contributed by atoms with E-state index < -0.39 is 0 Å². The van der Waals surface area contributed by atoms with Crippen LogP contribution in [-0.2, 0) is 17.8 Å². The maximum atomic E-state index is 13.2. The van der Waals surface area contributed by atoms with Crippen LogP contribution in [0.3, 0.4) is 0 Å². The molecule has 0 aromatic heterocycles. The van der Waals surface area contributed by atoms with E-state index in [1.54, 1.807) is 32.2 Å². The van der Waals surface area contributed by atoms with Gasteiger partial charge in [0.05, 0.1) is 13.7 Å². The van der Waals surface area contributed by atoms with E-state index in [0.29, 0.717) is 24.6 Å². The van der Waals surface area contributed by atoms with E-state index in [0.717, 1.165) is 17.5 Å². The first-order valence-corrected chi connectivity index (χ1v) is 8.44. The van der Waals surface area contributed by atoms with Crippen LogP contribution in [0.1, 0.15) is 11.1 Å². The number of nitrogens with one attached hydrogen (secondary N) is 1. The molecule has 0 saturated carbocycles. The van der Waals surface area contributed by atoms with Crippen LogP contribution in [0.2, 0.25) is 0 Å². The number of rotatable bonds is 9. The Labute approximate surface area is 165 Å². The molecule has 7 heteroatoms. The highest BCUT2D eigenvalue weighted by atomic mass is 35.5. The molecule has 0 fully saturated rings. The molecule has 1 N–H and O–H groups in total. The van der Waals surface area contributed by atoms with Gasteiger partial charge in [-0.05, 0) is 48.4 Å². The molecule has 0 aliphatic rings. The molecule has 1 amide bonds. The van der Waals surface area contributed by atoms with Crippen molar-refractivity contribution in [3.63, 3.8) is 0 Å². The summed E-state index contributed by atoms with van der Waals surface area (Å²) in [5, 5.41) is 3.12. The van der Waals surface area contributed by atoms with Gasteiger partial charge in [0.2, 0.25) is 5.91 Å². The van der Waals surface area contributed by atoms with Gasteiger partial charge < -0.3 is 19.7 Å². The highest BCUT2D eigenvalue weighted by Crippen LogP contribution is 2.29. The minimum atomic E-state index is -0.284. The van der Waals surface area contributed by atoms with E-state index in [9.17, 15) is 9.18 Å². The van der Waals surface area contributed by atoms with Crippen LogP contribution in [0.15, 0.2) is 42.5 Å². The molecule has 0 saturated heterocycles. The Balaban J connectivity index is 0.00000364. The highest BCUT2D eigenvalue weighted by molar-refractivity contribution is 5.85. The Bertz CT molecular complexity index is 741. The van der Waals surface area contributed by atoms with Crippen molar-refractivity contribution in [2.75, 3.05) is 34.3 Å². The van der Waals surface area contributed by atoms with Gasteiger partial charge in [-0.15, -0.1) is 12.4 Å². The lowest BCUT2D eigenvalue weighted by atomic mass is 10.1. The number of benzene rings is 2. The summed E-state index contributed by atoms with van der Waals surface area (Å²) in [5.74, 6) is 0.997. The van der Waals surface area contributed by atoms with Gasteiger partial charge in [0, 0.05) is 14.1 Å². The number of nitrogens with zero attached hydrogens (tertiary/aromatic N) is 1. The number of carbonyl (C=O) groups is 1. The monoisotopic (exact) mass is 396 g/mol. The van der Waals surface area contributed by atoms with Crippen LogP contribution in [-0.4, -0.2) is 45.1 Å². The second-order valence-electron chi connectivity index (χ2n) is 6.12. The average molecular weight is 397 g/mol. The minimum absolute atomic E-state index is 0. The van der Waals surface area contributed by atoms with Crippen LogP contribution in [0.25, 0.3) is 0 Å². The van der Waals surface area contributed by atoms with E-state index in [2.05, 4.69) is 5.32 Å². The zero-order valence-electron chi connectivity index (χ0n) is 15.8. The molecule has 0 aliphatic heterocycles. The molecule has 0 heterocycles. The van der Waals surface area contributed by atoms with Crippen LogP contribution >= 0.6 is 12.4 Å². The van der Waals surface area contributed by atoms with Gasteiger partial charge >= 0.3 is 0 Å². The van der Waals surface area contributed by atoms with E-state index in [-0.39, 0.29) is 30.7 Å². The summed E-state index contributed by atoms with van der Waals surface area (Å²) in [6.07, 6.45) is 0.765. The van der Waals surface area contributed by atoms with Crippen molar-refractivity contribution in [1.82, 2.24) is 10.2 Å². The van der Waals surface area contributed by atoms with Crippen molar-refractivity contribution in [2.24, 2.45) is 0 Å². The molecule has 5 nitrogen and oxygen atoms in total. The number of likely N-dealkylation sites (N-methyl/N-ethyl adjacent to an activating group) is 1. The predicted molar refractivity (Wildman–Crippen MR) is 106 cm³/mol. The Morgan fingerprint density at radius 3 is 2.56 bits per heavy atom. The van der Waals surface area contributed by atoms with Gasteiger partial charge in [-0.25, -0.2) is 4.39 Å². The number of carbonyl (C=O) groups excluding carboxylic acids is 1. The molecule has 0 radical (unpaired) electrons. The summed E-state index contributed by atoms with van der Waals surface area (Å²) < 4.78 is 24.4. The number of halogens is 2. The first-order chi connectivity index (χ1) is 12.5. The Morgan fingerprint density at radius 2 is 1.89 bits per heavy atom. The lowest BCUT2D eigenvalue weighted by Gasteiger charge is -2.13. The van der Waals surface area contributed by atoms with E-state index >= 15 is 0 Å². The molecule has 0 bridgehead atoms. The summed E-state index contributed by atoms with van der Waals surface area (Å²) in [6.45, 7) is 1.27. The van der Waals surface area contributed by atoms with Crippen molar-refractivity contribution in [1.29, 1.82) is 0 Å². The molecular formula is C20H26ClFN2O3. The quantitative estimate of drug-likeness (QED) is 0.662. The third-order valence-electron chi connectivity index (χ3n) is 3.88. The number of hydrogen-bond donors (Lipinski definition) is 1. The Hall–Kier alpha value is -2.31. The predicted octanol–water partition coefficient (Wildman–Crippen LogP) is 3.06. The summed E-state index contributed by atoms with van der Waals surface area (Å²) >= 11 is 0. The normalized spacial score (nSPS) is 10.1. The molecule has 148 valence electrons. The van der Waals surface area contributed by atoms with Gasteiger partial charge in [-0.3, -0.25) is 4.79 Å². The van der Waals surface area contributed by atoms with Gasteiger partial charge in [-0.2, -0.15) is 0 Å². The van der Waals surface area contributed by atoms with Crippen molar-refractivity contribution < 1.29 is 18.7 Å². The molecule has 0 aliphatic carbocycles. The van der Waals surface area contributed by atoms with Crippen molar-refractivity contribution in [3.05, 3.63) is 59.4 Å². The van der Waals surface area contributed by atoms with Gasteiger partial charge in [0.15, 0.2) is 11.5 Å². The average Bonchev–Trinajstić information content (AvgIpc) is 2.63. The Kier molecular flexibility index (Phi) is 9.61. The molecule has 2 aromatic rings. The molecule has 0 spiro atoms. The number of hydrogen-bond acceptors (Lipinski definition) is 4. The van der Waals surface area contributed by atoms with Crippen molar-refractivity contribution in [3.8, 4) is 11.5 Å². The number of ether oxygens (including phenoxy) is 2. The minimum Gasteiger partial charge on any atom is -0.493 e. The SMILES string of the molecule is COc1cc(CCNCC(=O)N(C)C)ccc1OCc1cccc(F)c1.Cl. The molecule has 2 rings (SSSR count). The second kappa shape index (κ2) is 11.4. The number of amides is 1. The summed E-state index contributed by atoms with van der Waals surface area (Å²) in [5.41, 5.74) is 1.83. The standard InChI is InChI=1S/C20H25FN2O3.ClH/c1-23(2)20(24)13-22-10-9-15-7-8-18(19(12-15)25-3)26-14-16-5-4-6-17(21)11-16;/h4-8,11-12,22H,9-10,13-14H2,1-3H3;1H. The van der Waals surface area contributed by atoms with Crippen molar-refractivity contribution >= 4 is 18.3 Å². The lowest BCUT2D eigenvalue weighted by molar-refractivity contribution is -0.127. The van der Waals surface area contributed by atoms with Gasteiger partial charge in [-0.1, -0.05) is 18.2 Å². The van der Waals surface area contributed by atoms with Crippen LogP contribution in [0.5, 0.6) is 11.5 Å². The third-order valence-corrected chi connectivity index (χ3v) is 3.88. The van der Waals surface area contributed by atoms with Crippen LogP contribution in [0.4, 0.5) is 4.39 Å². The highest BCUT2D eigenvalue weighted by Gasteiger charge is 2.07. The third kappa shape index (κ3) is 7.45. The maximum Gasteiger partial charge on any atom is 0.236 e. The van der Waals surface area contributed by atoms with E-state index in [1.165, 1.54) is 12.1 Å². The first-order valence-electron chi connectivity index (χ1n) is 8.44. The number of methoxy groups -OCH3 is 1. The smallest absolute Gasteiger partial charge is 0.236 e. The van der Waals surface area contributed by atoms with Crippen molar-refractivity contribution in [2.45, 2.75) is 13.0 Å². The Morgan fingerprint density at radius 1 is 1.11 bits per heavy atom. The summed E-state index contributed by atoms with van der Waals surface area (Å²) in [7, 11) is 5.05. The molecular weight excluding hydrogens is 371 g/mol. The van der Waals surface area contributed by atoms with Crippen LogP contribution < -0.4 is 14.8 Å². The zero-order valence-corrected chi connectivity index (χ0v) is 16.6. The largest absolute Gasteiger partial charge is 0.493 e. The molecule has 27 heavy (non-hydrogen) atoms. The fourth-order valence-electron chi connectivity index (χ4n) is 2.36. The maximum absolute atomic E-state index is 13.2.